The van der Waals surface area contributed by atoms with Gasteiger partial charge in [0.1, 0.15) is 13.2 Å². The monoisotopic (exact) mass is 400 g/mol. The Morgan fingerprint density at radius 2 is 1.28 bits per heavy atom. The average molecular weight is 400 g/mol. The fourth-order valence-corrected chi connectivity index (χ4v) is 3.47. The molecule has 0 spiro atoms. The van der Waals surface area contributed by atoms with Crippen LogP contribution >= 0.6 is 0 Å². The third kappa shape index (κ3) is 4.13. The van der Waals surface area contributed by atoms with Crippen molar-refractivity contribution in [3.63, 3.8) is 0 Å². The Balaban J connectivity index is 1.44. The number of ether oxygens (including phenoxy) is 4. The Labute approximate surface area is 168 Å². The van der Waals surface area contributed by atoms with Gasteiger partial charge in [0.25, 0.3) is 0 Å². The first-order valence-corrected chi connectivity index (χ1v) is 9.93. The molecule has 29 heavy (non-hydrogen) atoms. The lowest BCUT2D eigenvalue weighted by molar-refractivity contribution is 0.121. The second-order valence-electron chi connectivity index (χ2n) is 6.94. The van der Waals surface area contributed by atoms with Crippen LogP contribution in [-0.4, -0.2) is 80.8 Å². The summed E-state index contributed by atoms with van der Waals surface area (Å²) >= 11 is 0. The van der Waals surface area contributed by atoms with E-state index in [4.69, 9.17) is 23.9 Å². The highest BCUT2D eigenvalue weighted by Gasteiger charge is 2.21. The van der Waals surface area contributed by atoms with Crippen molar-refractivity contribution in [3.8, 4) is 11.5 Å². The van der Waals surface area contributed by atoms with Crippen molar-refractivity contribution in [2.75, 3.05) is 80.9 Å². The molecule has 4 heterocycles. The molecule has 0 aliphatic carbocycles. The zero-order valence-electron chi connectivity index (χ0n) is 16.2. The van der Waals surface area contributed by atoms with Crippen LogP contribution in [0.1, 0.15) is 0 Å². The fourth-order valence-electron chi connectivity index (χ4n) is 3.47. The number of hydrogen-bond acceptors (Lipinski definition) is 10. The van der Waals surface area contributed by atoms with E-state index in [9.17, 15) is 0 Å². The van der Waals surface area contributed by atoms with Crippen molar-refractivity contribution < 1.29 is 18.9 Å². The second-order valence-corrected chi connectivity index (χ2v) is 6.94. The van der Waals surface area contributed by atoms with Crippen LogP contribution in [0.4, 0.5) is 23.5 Å². The van der Waals surface area contributed by atoms with Crippen LogP contribution in [0.3, 0.4) is 0 Å². The molecular weight excluding hydrogens is 376 g/mol. The van der Waals surface area contributed by atoms with Crippen LogP contribution < -0.4 is 24.6 Å². The molecule has 1 aromatic carbocycles. The Hall–Kier alpha value is -2.85. The van der Waals surface area contributed by atoms with E-state index in [1.165, 1.54) is 0 Å². The first-order chi connectivity index (χ1) is 14.3. The van der Waals surface area contributed by atoms with Gasteiger partial charge in [0.2, 0.25) is 17.8 Å². The molecule has 0 unspecified atom stereocenters. The van der Waals surface area contributed by atoms with E-state index in [0.717, 1.165) is 43.4 Å². The summed E-state index contributed by atoms with van der Waals surface area (Å²) in [4.78, 5) is 18.3. The highest BCUT2D eigenvalue weighted by Crippen LogP contribution is 2.33. The number of benzene rings is 1. The quantitative estimate of drug-likeness (QED) is 0.803. The summed E-state index contributed by atoms with van der Waals surface area (Å²) in [6.07, 6.45) is 0. The predicted molar refractivity (Wildman–Crippen MR) is 107 cm³/mol. The molecule has 1 aromatic heterocycles. The van der Waals surface area contributed by atoms with E-state index in [1.807, 2.05) is 18.2 Å². The van der Waals surface area contributed by atoms with Crippen molar-refractivity contribution in [2.24, 2.45) is 0 Å². The molecule has 0 atom stereocenters. The number of morpholine rings is 2. The summed E-state index contributed by atoms with van der Waals surface area (Å²) in [7, 11) is 0. The molecule has 3 aliphatic rings. The van der Waals surface area contributed by atoms with Gasteiger partial charge < -0.3 is 34.1 Å². The molecular formula is C19H24N6O4. The molecule has 10 heteroatoms. The second kappa shape index (κ2) is 8.26. The number of aromatic nitrogens is 3. The molecule has 1 N–H and O–H groups in total. The van der Waals surface area contributed by atoms with Gasteiger partial charge in [0.05, 0.1) is 26.4 Å². The molecule has 0 saturated carbocycles. The Bertz CT molecular complexity index is 818. The van der Waals surface area contributed by atoms with E-state index < -0.39 is 0 Å². The smallest absolute Gasteiger partial charge is 0.233 e. The van der Waals surface area contributed by atoms with E-state index in [0.29, 0.717) is 57.5 Å². The molecule has 2 aromatic rings. The summed E-state index contributed by atoms with van der Waals surface area (Å²) in [5, 5.41) is 3.30. The highest BCUT2D eigenvalue weighted by atomic mass is 16.6. The predicted octanol–water partition coefficient (Wildman–Crippen LogP) is 1.06. The minimum Gasteiger partial charge on any atom is -0.486 e. The number of nitrogens with zero attached hydrogens (tertiary/aromatic N) is 5. The van der Waals surface area contributed by atoms with Crippen molar-refractivity contribution in [3.05, 3.63) is 18.2 Å². The van der Waals surface area contributed by atoms with E-state index in [2.05, 4.69) is 25.1 Å². The molecule has 10 nitrogen and oxygen atoms in total. The van der Waals surface area contributed by atoms with E-state index in [1.54, 1.807) is 0 Å². The number of anilines is 4. The van der Waals surface area contributed by atoms with Gasteiger partial charge in [-0.1, -0.05) is 0 Å². The molecule has 2 saturated heterocycles. The lowest BCUT2D eigenvalue weighted by atomic mass is 10.2. The molecule has 3 aliphatic heterocycles. The number of fused-ring (bicyclic) bond motifs is 1. The molecule has 0 radical (unpaired) electrons. The summed E-state index contributed by atoms with van der Waals surface area (Å²) < 4.78 is 22.2. The maximum Gasteiger partial charge on any atom is 0.233 e. The number of hydrogen-bond donors (Lipinski definition) is 1. The Morgan fingerprint density at radius 1 is 0.690 bits per heavy atom. The first kappa shape index (κ1) is 18.2. The van der Waals surface area contributed by atoms with Gasteiger partial charge in [0, 0.05) is 37.9 Å². The largest absolute Gasteiger partial charge is 0.486 e. The van der Waals surface area contributed by atoms with Crippen LogP contribution in [0.2, 0.25) is 0 Å². The SMILES string of the molecule is c1cc2c(cc1Nc1nc(N3CCOCC3)nc(N3CCOCC3)n1)OCCO2. The first-order valence-electron chi connectivity index (χ1n) is 9.93. The van der Waals surface area contributed by atoms with Crippen LogP contribution in [-0.2, 0) is 9.47 Å². The van der Waals surface area contributed by atoms with Crippen molar-refractivity contribution in [1.82, 2.24) is 15.0 Å². The van der Waals surface area contributed by atoms with Gasteiger partial charge in [-0.25, -0.2) is 0 Å². The van der Waals surface area contributed by atoms with Gasteiger partial charge in [-0.2, -0.15) is 15.0 Å². The zero-order chi connectivity index (χ0) is 19.5. The number of nitrogens with one attached hydrogen (secondary N) is 1. The fraction of sp³-hybridized carbons (Fsp3) is 0.526. The van der Waals surface area contributed by atoms with E-state index >= 15 is 0 Å². The lowest BCUT2D eigenvalue weighted by Gasteiger charge is -2.30. The van der Waals surface area contributed by atoms with Crippen LogP contribution in [0.5, 0.6) is 11.5 Å². The molecule has 5 rings (SSSR count). The minimum absolute atomic E-state index is 0.500. The molecule has 154 valence electrons. The number of rotatable bonds is 4. The maximum absolute atomic E-state index is 5.68. The Kier molecular flexibility index (Phi) is 5.18. The molecule has 2 fully saturated rings. The van der Waals surface area contributed by atoms with Crippen molar-refractivity contribution in [2.45, 2.75) is 0 Å². The molecule has 0 amide bonds. The summed E-state index contributed by atoms with van der Waals surface area (Å²) in [5.74, 6) is 3.28. The zero-order valence-corrected chi connectivity index (χ0v) is 16.2. The minimum atomic E-state index is 0.500. The van der Waals surface area contributed by atoms with Gasteiger partial charge in [0.15, 0.2) is 11.5 Å². The van der Waals surface area contributed by atoms with Crippen LogP contribution in [0.25, 0.3) is 0 Å². The van der Waals surface area contributed by atoms with Crippen LogP contribution in [0, 0.1) is 0 Å². The highest BCUT2D eigenvalue weighted by molar-refractivity contribution is 5.61. The average Bonchev–Trinajstić information content (AvgIpc) is 2.80. The van der Waals surface area contributed by atoms with Gasteiger partial charge >= 0.3 is 0 Å². The topological polar surface area (TPSA) is 94.1 Å². The van der Waals surface area contributed by atoms with Crippen molar-refractivity contribution in [1.29, 1.82) is 0 Å². The standard InChI is InChI=1S/C19H24N6O4/c1-2-15-16(29-12-11-28-15)13-14(1)20-17-21-18(24-3-7-26-8-4-24)23-19(22-17)25-5-9-27-10-6-25/h1-2,13H,3-12H2,(H,20,21,22,23). The third-order valence-corrected chi connectivity index (χ3v) is 5.00. The summed E-state index contributed by atoms with van der Waals surface area (Å²) in [6.45, 7) is 6.84. The Morgan fingerprint density at radius 3 is 1.90 bits per heavy atom. The maximum atomic E-state index is 5.68. The van der Waals surface area contributed by atoms with Crippen LogP contribution in [0.15, 0.2) is 18.2 Å². The van der Waals surface area contributed by atoms with Gasteiger partial charge in [-0.05, 0) is 12.1 Å². The van der Waals surface area contributed by atoms with Crippen molar-refractivity contribution >= 4 is 23.5 Å². The van der Waals surface area contributed by atoms with Gasteiger partial charge in [-0.15, -0.1) is 0 Å². The summed E-state index contributed by atoms with van der Waals surface area (Å²) in [5.41, 5.74) is 0.835. The van der Waals surface area contributed by atoms with E-state index in [-0.39, 0.29) is 0 Å². The third-order valence-electron chi connectivity index (χ3n) is 5.00. The summed E-state index contributed by atoms with van der Waals surface area (Å²) in [6, 6.07) is 5.73. The van der Waals surface area contributed by atoms with Gasteiger partial charge in [-0.3, -0.25) is 0 Å². The lowest BCUT2D eigenvalue weighted by Crippen LogP contribution is -2.40. The normalized spacial score (nSPS) is 19.2. The molecule has 0 bridgehead atoms.